The van der Waals surface area contributed by atoms with E-state index in [4.69, 9.17) is 6.57 Å². The lowest BCUT2D eigenvalue weighted by molar-refractivity contribution is 0.0926. The molecule has 1 aliphatic heterocycles. The van der Waals surface area contributed by atoms with Crippen LogP contribution in [0.1, 0.15) is 20.7 Å². The number of benzene rings is 5. The maximum absolute atomic E-state index is 13.9. The highest BCUT2D eigenvalue weighted by atomic mass is 16.2. The van der Waals surface area contributed by atoms with Gasteiger partial charge in [-0.25, -0.2) is 9.74 Å². The molecule has 0 saturated heterocycles. The van der Waals surface area contributed by atoms with Gasteiger partial charge in [0.15, 0.2) is 5.69 Å². The first kappa shape index (κ1) is 21.8. The third-order valence-corrected chi connectivity index (χ3v) is 7.15. The van der Waals surface area contributed by atoms with Crippen LogP contribution in [-0.4, -0.2) is 16.4 Å². The normalized spacial score (nSPS) is 12.8. The Morgan fingerprint density at radius 3 is 2.11 bits per heavy atom. The number of rotatable bonds is 3. The zero-order valence-corrected chi connectivity index (χ0v) is 20.1. The van der Waals surface area contributed by atoms with E-state index in [1.54, 1.807) is 12.1 Å². The van der Waals surface area contributed by atoms with E-state index in [0.717, 1.165) is 32.9 Å². The Morgan fingerprint density at radius 2 is 1.32 bits per heavy atom. The molecule has 5 nitrogen and oxygen atoms in total. The van der Waals surface area contributed by atoms with Gasteiger partial charge in [-0.05, 0) is 59.0 Å². The minimum absolute atomic E-state index is 0.338. The highest BCUT2D eigenvalue weighted by Gasteiger charge is 2.39. The number of hydrogen-bond donors (Lipinski definition) is 0. The van der Waals surface area contributed by atoms with Gasteiger partial charge in [-0.1, -0.05) is 72.8 Å². The Bertz CT molecular complexity index is 1960. The number of carbonyl (C=O) groups excluding carboxylic acids is 2. The molecule has 0 bridgehead atoms. The molecule has 5 aromatic carbocycles. The lowest BCUT2D eigenvalue weighted by Crippen LogP contribution is -2.29. The molecule has 1 aliphatic rings. The Kier molecular flexibility index (Phi) is 4.75. The van der Waals surface area contributed by atoms with E-state index in [2.05, 4.69) is 4.85 Å². The average Bonchev–Trinajstić information content (AvgIpc) is 3.44. The van der Waals surface area contributed by atoms with Crippen molar-refractivity contribution in [1.82, 2.24) is 4.57 Å². The Labute approximate surface area is 218 Å². The number of hydrogen-bond acceptors (Lipinski definition) is 2. The third kappa shape index (κ3) is 3.11. The summed E-state index contributed by atoms with van der Waals surface area (Å²) >= 11 is 0. The first-order valence-corrected chi connectivity index (χ1v) is 12.2. The smallest absolute Gasteiger partial charge is 0.268 e. The van der Waals surface area contributed by atoms with Gasteiger partial charge in [-0.3, -0.25) is 9.59 Å². The predicted octanol–water partition coefficient (Wildman–Crippen LogP) is 7.80. The van der Waals surface area contributed by atoms with Crippen LogP contribution >= 0.6 is 0 Å². The highest BCUT2D eigenvalue weighted by Crippen LogP contribution is 2.38. The summed E-state index contributed by atoms with van der Waals surface area (Å²) in [5.41, 5.74) is 6.34. The molecular formula is C33H19N3O2. The first-order chi connectivity index (χ1) is 18.7. The molecule has 0 radical (unpaired) electrons. The molecular weight excluding hydrogens is 470 g/mol. The van der Waals surface area contributed by atoms with Crippen LogP contribution in [0.2, 0.25) is 0 Å². The maximum Gasteiger partial charge on any atom is 0.268 e. The number of anilines is 1. The molecule has 38 heavy (non-hydrogen) atoms. The van der Waals surface area contributed by atoms with E-state index >= 15 is 0 Å². The van der Waals surface area contributed by atoms with Crippen molar-refractivity contribution in [2.24, 2.45) is 0 Å². The summed E-state index contributed by atoms with van der Waals surface area (Å²) in [6, 6.07) is 36.3. The largest absolute Gasteiger partial charge is 0.309 e. The van der Waals surface area contributed by atoms with Crippen molar-refractivity contribution in [2.75, 3.05) is 4.90 Å². The second kappa shape index (κ2) is 8.29. The topological polar surface area (TPSA) is 46.7 Å². The highest BCUT2D eigenvalue weighted by molar-refractivity contribution is 6.35. The number of aromatic nitrogens is 1. The molecule has 6 aromatic rings. The Morgan fingerprint density at radius 1 is 0.605 bits per heavy atom. The van der Waals surface area contributed by atoms with E-state index in [0.29, 0.717) is 28.2 Å². The van der Waals surface area contributed by atoms with Crippen LogP contribution in [0.5, 0.6) is 0 Å². The van der Waals surface area contributed by atoms with Gasteiger partial charge in [0.05, 0.1) is 40.1 Å². The maximum atomic E-state index is 13.9. The molecule has 2 heterocycles. The Balaban J connectivity index is 1.38. The van der Waals surface area contributed by atoms with Crippen LogP contribution < -0.4 is 4.90 Å². The minimum Gasteiger partial charge on any atom is -0.309 e. The van der Waals surface area contributed by atoms with Crippen LogP contribution in [0.25, 0.3) is 43.5 Å². The Hall–Kier alpha value is -5.47. The summed E-state index contributed by atoms with van der Waals surface area (Å²) in [5, 5.41) is 1.91. The van der Waals surface area contributed by atoms with Crippen molar-refractivity contribution in [3.05, 3.63) is 138 Å². The number of carbonyl (C=O) groups is 2. The van der Waals surface area contributed by atoms with Gasteiger partial charge < -0.3 is 4.57 Å². The monoisotopic (exact) mass is 489 g/mol. The second-order valence-corrected chi connectivity index (χ2v) is 9.22. The number of para-hydroxylation sites is 1. The fraction of sp³-hybridized carbons (Fsp3) is 0. The number of fused-ring (bicyclic) bond motifs is 4. The average molecular weight is 490 g/mol. The molecule has 5 heteroatoms. The van der Waals surface area contributed by atoms with Gasteiger partial charge in [0.1, 0.15) is 0 Å². The van der Waals surface area contributed by atoms with Crippen molar-refractivity contribution < 1.29 is 9.59 Å². The molecule has 0 N–H and O–H groups in total. The van der Waals surface area contributed by atoms with Crippen molar-refractivity contribution >= 4 is 45.0 Å². The quantitative estimate of drug-likeness (QED) is 0.188. The molecule has 0 saturated carbocycles. The first-order valence-electron chi connectivity index (χ1n) is 12.2. The van der Waals surface area contributed by atoms with Gasteiger partial charge in [0.25, 0.3) is 11.8 Å². The summed E-state index contributed by atoms with van der Waals surface area (Å²) in [6.45, 7) is 7.44. The van der Waals surface area contributed by atoms with Gasteiger partial charge in [0, 0.05) is 5.39 Å². The molecule has 0 unspecified atom stereocenters. The zero-order valence-electron chi connectivity index (χ0n) is 20.1. The summed E-state index contributed by atoms with van der Waals surface area (Å²) in [5.74, 6) is -0.688. The summed E-state index contributed by atoms with van der Waals surface area (Å²) in [4.78, 5) is 32.3. The molecule has 0 spiro atoms. The number of imide groups is 1. The SMILES string of the molecule is [C-]#[N+]c1ccc2c(c1)c1ccccc1n2-c1cccc2c1C(=O)N(c1ccc(-c3ccccc3)cc1)C2=O. The second-order valence-electron chi connectivity index (χ2n) is 9.22. The minimum atomic E-state index is -0.350. The van der Waals surface area contributed by atoms with Gasteiger partial charge in [0.2, 0.25) is 0 Å². The van der Waals surface area contributed by atoms with Gasteiger partial charge in [-0.15, -0.1) is 0 Å². The molecule has 178 valence electrons. The van der Waals surface area contributed by atoms with Crippen molar-refractivity contribution in [1.29, 1.82) is 0 Å². The van der Waals surface area contributed by atoms with E-state index in [1.807, 2.05) is 108 Å². The van der Waals surface area contributed by atoms with Crippen LogP contribution in [-0.2, 0) is 0 Å². The van der Waals surface area contributed by atoms with Crippen molar-refractivity contribution in [3.63, 3.8) is 0 Å². The number of amides is 2. The van der Waals surface area contributed by atoms with E-state index in [-0.39, 0.29) is 11.8 Å². The fourth-order valence-electron chi connectivity index (χ4n) is 5.41. The van der Waals surface area contributed by atoms with E-state index in [9.17, 15) is 9.59 Å². The van der Waals surface area contributed by atoms with Crippen LogP contribution in [0.15, 0.2) is 115 Å². The lowest BCUT2D eigenvalue weighted by atomic mass is 10.1. The van der Waals surface area contributed by atoms with E-state index in [1.165, 1.54) is 4.90 Å². The standard InChI is InChI=1S/C33H19N3O2/c1-34-23-16-19-29-27(20-23)25-10-5-6-12-28(25)36(29)30-13-7-11-26-31(30)33(38)35(32(26)37)24-17-14-22(15-18-24)21-8-3-2-4-9-21/h2-20H. The molecule has 0 fully saturated rings. The molecule has 1 aromatic heterocycles. The summed E-state index contributed by atoms with van der Waals surface area (Å²) in [7, 11) is 0. The van der Waals surface area contributed by atoms with Gasteiger partial charge >= 0.3 is 0 Å². The van der Waals surface area contributed by atoms with Crippen molar-refractivity contribution in [2.45, 2.75) is 0 Å². The third-order valence-electron chi connectivity index (χ3n) is 7.15. The summed E-state index contributed by atoms with van der Waals surface area (Å²) in [6.07, 6.45) is 0. The molecule has 0 atom stereocenters. The predicted molar refractivity (Wildman–Crippen MR) is 150 cm³/mol. The van der Waals surface area contributed by atoms with Gasteiger partial charge in [-0.2, -0.15) is 0 Å². The van der Waals surface area contributed by atoms with Crippen LogP contribution in [0.3, 0.4) is 0 Å². The van der Waals surface area contributed by atoms with Crippen molar-refractivity contribution in [3.8, 4) is 16.8 Å². The zero-order chi connectivity index (χ0) is 25.8. The lowest BCUT2D eigenvalue weighted by Gasteiger charge is -2.15. The molecule has 7 rings (SSSR count). The molecule has 0 aliphatic carbocycles. The molecule has 2 amide bonds. The van der Waals surface area contributed by atoms with E-state index < -0.39 is 0 Å². The summed E-state index contributed by atoms with van der Waals surface area (Å²) < 4.78 is 2.02. The number of nitrogens with zero attached hydrogens (tertiary/aromatic N) is 3. The fourth-order valence-corrected chi connectivity index (χ4v) is 5.41. The van der Waals surface area contributed by atoms with Crippen LogP contribution in [0, 0.1) is 6.57 Å². The van der Waals surface area contributed by atoms with Crippen LogP contribution in [0.4, 0.5) is 11.4 Å².